The smallest absolute Gasteiger partial charge is 0.331 e. The van der Waals surface area contributed by atoms with E-state index in [1.54, 1.807) is 12.1 Å². The molecule has 8 heteroatoms. The van der Waals surface area contributed by atoms with Crippen molar-refractivity contribution < 1.29 is 9.18 Å². The first-order valence-electron chi connectivity index (χ1n) is 8.93. The molecule has 0 radical (unpaired) electrons. The Morgan fingerprint density at radius 3 is 2.37 bits per heavy atom. The Morgan fingerprint density at radius 1 is 1.11 bits per heavy atom. The van der Waals surface area contributed by atoms with E-state index in [-0.39, 0.29) is 17.6 Å². The summed E-state index contributed by atoms with van der Waals surface area (Å²) in [6, 6.07) is 7.31. The van der Waals surface area contributed by atoms with Crippen LogP contribution in [0, 0.1) is 5.82 Å². The first-order chi connectivity index (χ1) is 12.9. The van der Waals surface area contributed by atoms with Crippen LogP contribution in [0.3, 0.4) is 0 Å². The number of benzene rings is 1. The molecule has 3 rings (SSSR count). The average Bonchev–Trinajstić information content (AvgIpc) is 3.18. The molecule has 2 heterocycles. The van der Waals surface area contributed by atoms with E-state index in [0.29, 0.717) is 6.54 Å². The second-order valence-electron chi connectivity index (χ2n) is 6.79. The maximum Gasteiger partial charge on any atom is 0.331 e. The van der Waals surface area contributed by atoms with Gasteiger partial charge in [-0.15, -0.1) is 0 Å². The molecule has 7 nitrogen and oxygen atoms in total. The molecule has 0 bridgehead atoms. The highest BCUT2D eigenvalue weighted by Gasteiger charge is 2.24. The Kier molecular flexibility index (Phi) is 5.55. The monoisotopic (exact) mass is 374 g/mol. The number of aromatic nitrogens is 2. The molecule has 2 aromatic rings. The van der Waals surface area contributed by atoms with Crippen molar-refractivity contribution in [1.29, 1.82) is 0 Å². The summed E-state index contributed by atoms with van der Waals surface area (Å²) >= 11 is 0. The van der Waals surface area contributed by atoms with Crippen molar-refractivity contribution >= 4 is 5.91 Å². The van der Waals surface area contributed by atoms with Gasteiger partial charge < -0.3 is 5.32 Å². The van der Waals surface area contributed by atoms with Gasteiger partial charge in [0.2, 0.25) is 0 Å². The van der Waals surface area contributed by atoms with Crippen LogP contribution in [-0.4, -0.2) is 39.6 Å². The van der Waals surface area contributed by atoms with Crippen LogP contribution in [0.1, 0.15) is 34.9 Å². The van der Waals surface area contributed by atoms with Crippen molar-refractivity contribution in [2.24, 2.45) is 14.1 Å². The Labute approximate surface area is 156 Å². The molecule has 1 saturated heterocycles. The number of hydrogen-bond acceptors (Lipinski definition) is 4. The van der Waals surface area contributed by atoms with Crippen LogP contribution < -0.4 is 16.6 Å². The summed E-state index contributed by atoms with van der Waals surface area (Å²) in [5.41, 5.74) is -0.154. The van der Waals surface area contributed by atoms with Crippen molar-refractivity contribution in [2.75, 3.05) is 19.6 Å². The molecule has 144 valence electrons. The molecule has 1 N–H and O–H groups in total. The van der Waals surface area contributed by atoms with Crippen LogP contribution in [-0.2, 0) is 14.1 Å². The molecule has 1 aliphatic heterocycles. The molecule has 27 heavy (non-hydrogen) atoms. The Bertz CT molecular complexity index is 943. The van der Waals surface area contributed by atoms with E-state index in [9.17, 15) is 18.8 Å². The minimum absolute atomic E-state index is 0.0161. The van der Waals surface area contributed by atoms with E-state index in [1.165, 1.54) is 26.2 Å². The predicted octanol–water partition coefficient (Wildman–Crippen LogP) is 0.790. The van der Waals surface area contributed by atoms with Crippen molar-refractivity contribution in [3.8, 4) is 0 Å². The van der Waals surface area contributed by atoms with Gasteiger partial charge in [0.25, 0.3) is 11.5 Å². The zero-order chi connectivity index (χ0) is 19.6. The fraction of sp³-hybridized carbons (Fsp3) is 0.421. The number of hydrogen-bond donors (Lipinski definition) is 1. The number of halogens is 1. The lowest BCUT2D eigenvalue weighted by molar-refractivity contribution is 0.0927. The highest BCUT2D eigenvalue weighted by molar-refractivity contribution is 5.92. The molecule has 0 spiro atoms. The van der Waals surface area contributed by atoms with Gasteiger partial charge in [-0.25, -0.2) is 9.18 Å². The van der Waals surface area contributed by atoms with Gasteiger partial charge in [0.1, 0.15) is 11.5 Å². The quantitative estimate of drug-likeness (QED) is 0.840. The number of carbonyl (C=O) groups is 1. The molecule has 0 aliphatic carbocycles. The van der Waals surface area contributed by atoms with Crippen molar-refractivity contribution in [1.82, 2.24) is 19.4 Å². The lowest BCUT2D eigenvalue weighted by Gasteiger charge is -2.28. The normalized spacial score (nSPS) is 15.7. The molecular formula is C19H23FN4O3. The van der Waals surface area contributed by atoms with Crippen LogP contribution in [0.5, 0.6) is 0 Å². The molecule has 1 aliphatic rings. The second-order valence-corrected chi connectivity index (χ2v) is 6.79. The summed E-state index contributed by atoms with van der Waals surface area (Å²) in [5.74, 6) is -0.795. The van der Waals surface area contributed by atoms with E-state index in [4.69, 9.17) is 0 Å². The minimum Gasteiger partial charge on any atom is -0.349 e. The van der Waals surface area contributed by atoms with Gasteiger partial charge in [-0.3, -0.25) is 23.6 Å². The topological polar surface area (TPSA) is 76.3 Å². The van der Waals surface area contributed by atoms with E-state index < -0.39 is 17.2 Å². The Morgan fingerprint density at radius 2 is 1.74 bits per heavy atom. The van der Waals surface area contributed by atoms with Crippen LogP contribution in [0.15, 0.2) is 39.9 Å². The Balaban J connectivity index is 1.81. The maximum atomic E-state index is 13.3. The molecule has 0 saturated carbocycles. The van der Waals surface area contributed by atoms with Gasteiger partial charge in [-0.05, 0) is 43.6 Å². The number of nitrogens with zero attached hydrogens (tertiary/aromatic N) is 3. The SMILES string of the molecule is Cn1c(C(=O)NCC(c2ccc(F)cc2)N2CCCC2)cc(=O)n(C)c1=O. The second kappa shape index (κ2) is 7.87. The first-order valence-corrected chi connectivity index (χ1v) is 8.93. The van der Waals surface area contributed by atoms with Crippen LogP contribution in [0.25, 0.3) is 0 Å². The van der Waals surface area contributed by atoms with E-state index in [0.717, 1.165) is 46.7 Å². The largest absolute Gasteiger partial charge is 0.349 e. The van der Waals surface area contributed by atoms with Crippen molar-refractivity contribution in [3.63, 3.8) is 0 Å². The number of carbonyl (C=O) groups excluding carboxylic acids is 1. The van der Waals surface area contributed by atoms with Gasteiger partial charge >= 0.3 is 5.69 Å². The summed E-state index contributed by atoms with van der Waals surface area (Å²) < 4.78 is 15.4. The molecule has 1 aromatic heterocycles. The van der Waals surface area contributed by atoms with E-state index in [2.05, 4.69) is 10.2 Å². The lowest BCUT2D eigenvalue weighted by atomic mass is 10.1. The standard InChI is InChI=1S/C19H23FN4O3/c1-22-15(11-17(25)23(2)19(22)27)18(26)21-12-16(24-9-3-4-10-24)13-5-7-14(20)8-6-13/h5-8,11,16H,3-4,9-10,12H2,1-2H3,(H,21,26). The molecule has 1 fully saturated rings. The maximum absolute atomic E-state index is 13.3. The molecule has 1 aromatic carbocycles. The first kappa shape index (κ1) is 19.0. The van der Waals surface area contributed by atoms with Gasteiger partial charge in [0.15, 0.2) is 0 Å². The molecule has 1 unspecified atom stereocenters. The molecular weight excluding hydrogens is 351 g/mol. The third kappa shape index (κ3) is 4.00. The van der Waals surface area contributed by atoms with Crippen LogP contribution >= 0.6 is 0 Å². The number of amides is 1. The third-order valence-corrected chi connectivity index (χ3v) is 5.05. The Hall–Kier alpha value is -2.74. The highest BCUT2D eigenvalue weighted by atomic mass is 19.1. The third-order valence-electron chi connectivity index (χ3n) is 5.05. The summed E-state index contributed by atoms with van der Waals surface area (Å²) in [7, 11) is 2.82. The molecule has 1 amide bonds. The number of likely N-dealkylation sites (tertiary alicyclic amines) is 1. The van der Waals surface area contributed by atoms with Crippen LogP contribution in [0.4, 0.5) is 4.39 Å². The zero-order valence-electron chi connectivity index (χ0n) is 15.4. The van der Waals surface area contributed by atoms with E-state index in [1.807, 2.05) is 0 Å². The van der Waals surface area contributed by atoms with Crippen molar-refractivity contribution in [2.45, 2.75) is 18.9 Å². The fourth-order valence-electron chi connectivity index (χ4n) is 3.43. The zero-order valence-corrected chi connectivity index (χ0v) is 15.4. The number of nitrogens with one attached hydrogen (secondary N) is 1. The van der Waals surface area contributed by atoms with Crippen molar-refractivity contribution in [3.05, 3.63) is 68.2 Å². The van der Waals surface area contributed by atoms with Crippen LogP contribution in [0.2, 0.25) is 0 Å². The van der Waals surface area contributed by atoms with Gasteiger partial charge in [0.05, 0.1) is 6.04 Å². The summed E-state index contributed by atoms with van der Waals surface area (Å²) in [6.07, 6.45) is 2.16. The average molecular weight is 374 g/mol. The fourth-order valence-corrected chi connectivity index (χ4v) is 3.43. The summed E-state index contributed by atoms with van der Waals surface area (Å²) in [5, 5.41) is 2.82. The molecule has 1 atom stereocenters. The van der Waals surface area contributed by atoms with Gasteiger partial charge in [-0.1, -0.05) is 12.1 Å². The lowest BCUT2D eigenvalue weighted by Crippen LogP contribution is -2.42. The minimum atomic E-state index is -0.553. The van der Waals surface area contributed by atoms with E-state index >= 15 is 0 Å². The number of rotatable bonds is 5. The predicted molar refractivity (Wildman–Crippen MR) is 99.2 cm³/mol. The summed E-state index contributed by atoms with van der Waals surface area (Å²) in [6.45, 7) is 2.11. The van der Waals surface area contributed by atoms with Gasteiger partial charge in [-0.2, -0.15) is 0 Å². The summed E-state index contributed by atoms with van der Waals surface area (Å²) in [4.78, 5) is 38.7. The highest BCUT2D eigenvalue weighted by Crippen LogP contribution is 2.24. The van der Waals surface area contributed by atoms with Gasteiger partial charge in [0, 0.05) is 26.7 Å².